The van der Waals surface area contributed by atoms with Crippen LogP contribution in [0.1, 0.15) is 17.2 Å². The molecule has 26 heavy (non-hydrogen) atoms. The van der Waals surface area contributed by atoms with Crippen LogP contribution in [-0.4, -0.2) is 55.6 Å². The fourth-order valence-corrected chi connectivity index (χ4v) is 3.75. The van der Waals surface area contributed by atoms with E-state index in [0.29, 0.717) is 12.6 Å². The summed E-state index contributed by atoms with van der Waals surface area (Å²) in [5.41, 5.74) is 12.6. The molecule has 5 heteroatoms. The molecular weight excluding hydrogens is 324 g/mol. The Balaban J connectivity index is 0.00000117. The maximum atomic E-state index is 11.3. The van der Waals surface area contributed by atoms with Gasteiger partial charge < -0.3 is 16.0 Å². The Hall–Kier alpha value is -2.21. The molecule has 1 fully saturated rings. The van der Waals surface area contributed by atoms with Crippen molar-refractivity contribution in [2.45, 2.75) is 12.6 Å². The predicted octanol–water partition coefficient (Wildman–Crippen LogP) is 1.75. The van der Waals surface area contributed by atoms with E-state index in [1.807, 2.05) is 0 Å². The Kier molecular flexibility index (Phi) is 7.33. The van der Waals surface area contributed by atoms with E-state index in [4.69, 9.17) is 5.73 Å². The molecule has 0 spiro atoms. The molecule has 1 aliphatic rings. The van der Waals surface area contributed by atoms with Gasteiger partial charge in [0.1, 0.15) is 12.6 Å². The van der Waals surface area contributed by atoms with Crippen LogP contribution < -0.4 is 11.5 Å². The van der Waals surface area contributed by atoms with Gasteiger partial charge in [0.25, 0.3) is 0 Å². The Morgan fingerprint density at radius 2 is 1.65 bits per heavy atom. The number of rotatable bonds is 5. The molecule has 4 N–H and O–H groups in total. The summed E-state index contributed by atoms with van der Waals surface area (Å²) in [5.74, 6) is -0.249. The maximum absolute atomic E-state index is 11.3. The number of likely N-dealkylation sites (N-methyl/N-ethyl adjacent to an activating group) is 1. The number of amides is 1. The summed E-state index contributed by atoms with van der Waals surface area (Å²) in [5, 5.41) is 0. The van der Waals surface area contributed by atoms with Crippen LogP contribution in [0, 0.1) is 0 Å². The van der Waals surface area contributed by atoms with Crippen molar-refractivity contribution in [3.8, 4) is 0 Å². The van der Waals surface area contributed by atoms with Crippen molar-refractivity contribution >= 4 is 5.91 Å². The standard InChI is InChI=1S/C20H25N3O.CH5N/c1-23(16-17-8-4-2-5-9-17)13-12-22(15-20(21)24)14-19(23)18-10-6-3-7-11-18;1-2/h2-11,19H,12-16H2,1H3,(H-,21,24);2H2,1H3/p+1. The molecule has 2 aromatic carbocycles. The number of benzene rings is 2. The maximum Gasteiger partial charge on any atom is 0.231 e. The Labute approximate surface area is 156 Å². The van der Waals surface area contributed by atoms with Gasteiger partial charge in [-0.05, 0) is 7.05 Å². The van der Waals surface area contributed by atoms with Crippen LogP contribution in [0.3, 0.4) is 0 Å². The number of hydrogen-bond acceptors (Lipinski definition) is 3. The third-order valence-corrected chi connectivity index (χ3v) is 5.06. The highest BCUT2D eigenvalue weighted by molar-refractivity contribution is 5.75. The molecule has 140 valence electrons. The van der Waals surface area contributed by atoms with E-state index in [1.165, 1.54) is 18.2 Å². The van der Waals surface area contributed by atoms with Crippen molar-refractivity contribution in [3.05, 3.63) is 71.8 Å². The SMILES string of the molecule is CN.C[N+]1(Cc2ccccc2)CCN(CC(N)=O)CC1c1ccccc1. The molecular formula is C21H31N4O+. The zero-order valence-corrected chi connectivity index (χ0v) is 15.8. The van der Waals surface area contributed by atoms with E-state index in [2.05, 4.69) is 78.3 Å². The zero-order chi connectivity index (χ0) is 19.0. The first-order chi connectivity index (χ1) is 12.6. The summed E-state index contributed by atoms with van der Waals surface area (Å²) >= 11 is 0. The number of primary amides is 1. The molecule has 2 unspecified atom stereocenters. The Bertz CT molecular complexity index is 677. The van der Waals surface area contributed by atoms with Crippen molar-refractivity contribution < 1.29 is 9.28 Å². The van der Waals surface area contributed by atoms with Crippen LogP contribution in [-0.2, 0) is 11.3 Å². The van der Waals surface area contributed by atoms with Gasteiger partial charge in [-0.2, -0.15) is 0 Å². The van der Waals surface area contributed by atoms with Gasteiger partial charge in [0, 0.05) is 17.7 Å². The van der Waals surface area contributed by atoms with Crippen LogP contribution in [0.15, 0.2) is 60.7 Å². The number of nitrogens with zero attached hydrogens (tertiary/aromatic N) is 2. The van der Waals surface area contributed by atoms with Gasteiger partial charge in [-0.3, -0.25) is 9.69 Å². The minimum absolute atomic E-state index is 0.249. The van der Waals surface area contributed by atoms with E-state index < -0.39 is 0 Å². The van der Waals surface area contributed by atoms with E-state index >= 15 is 0 Å². The number of carbonyl (C=O) groups is 1. The highest BCUT2D eigenvalue weighted by Gasteiger charge is 2.39. The van der Waals surface area contributed by atoms with Crippen LogP contribution >= 0.6 is 0 Å². The summed E-state index contributed by atoms with van der Waals surface area (Å²) in [6.45, 7) is 4.09. The van der Waals surface area contributed by atoms with Crippen LogP contribution in [0.4, 0.5) is 0 Å². The number of piperazine rings is 1. The predicted molar refractivity (Wildman–Crippen MR) is 106 cm³/mol. The first-order valence-corrected chi connectivity index (χ1v) is 9.08. The lowest BCUT2D eigenvalue weighted by Gasteiger charge is -2.48. The van der Waals surface area contributed by atoms with Crippen molar-refractivity contribution in [2.24, 2.45) is 11.5 Å². The monoisotopic (exact) mass is 355 g/mol. The number of carbonyl (C=O) groups excluding carboxylic acids is 1. The molecule has 1 heterocycles. The van der Waals surface area contributed by atoms with Gasteiger partial charge in [-0.25, -0.2) is 0 Å². The molecule has 3 rings (SSSR count). The number of nitrogens with two attached hydrogens (primary N) is 2. The zero-order valence-electron chi connectivity index (χ0n) is 15.8. The Morgan fingerprint density at radius 1 is 1.08 bits per heavy atom. The molecule has 1 aliphatic heterocycles. The van der Waals surface area contributed by atoms with E-state index in [1.54, 1.807) is 0 Å². The van der Waals surface area contributed by atoms with Crippen molar-refractivity contribution in [3.63, 3.8) is 0 Å². The van der Waals surface area contributed by atoms with Gasteiger partial charge >= 0.3 is 0 Å². The molecule has 0 aromatic heterocycles. The molecule has 0 radical (unpaired) electrons. The van der Waals surface area contributed by atoms with E-state index in [0.717, 1.165) is 30.7 Å². The summed E-state index contributed by atoms with van der Waals surface area (Å²) in [6.07, 6.45) is 0. The third-order valence-electron chi connectivity index (χ3n) is 5.06. The fourth-order valence-electron chi connectivity index (χ4n) is 3.75. The van der Waals surface area contributed by atoms with Gasteiger partial charge in [-0.1, -0.05) is 60.7 Å². The number of quaternary nitrogens is 1. The van der Waals surface area contributed by atoms with Crippen molar-refractivity contribution in [2.75, 3.05) is 40.3 Å². The average molecular weight is 356 g/mol. The topological polar surface area (TPSA) is 72.3 Å². The molecule has 5 nitrogen and oxygen atoms in total. The number of hydrogen-bond donors (Lipinski definition) is 2. The first-order valence-electron chi connectivity index (χ1n) is 9.08. The quantitative estimate of drug-likeness (QED) is 0.803. The second-order valence-corrected chi connectivity index (χ2v) is 6.97. The molecule has 0 saturated carbocycles. The molecule has 2 aromatic rings. The molecule has 2 atom stereocenters. The van der Waals surface area contributed by atoms with Crippen molar-refractivity contribution in [1.29, 1.82) is 0 Å². The largest absolute Gasteiger partial charge is 0.369 e. The lowest BCUT2D eigenvalue weighted by atomic mass is 9.98. The second kappa shape index (κ2) is 9.48. The van der Waals surface area contributed by atoms with Crippen LogP contribution in [0.5, 0.6) is 0 Å². The molecule has 0 aliphatic carbocycles. The molecule has 1 saturated heterocycles. The van der Waals surface area contributed by atoms with E-state index in [-0.39, 0.29) is 5.91 Å². The summed E-state index contributed by atoms with van der Waals surface area (Å²) in [7, 11) is 3.83. The third kappa shape index (κ3) is 5.14. The summed E-state index contributed by atoms with van der Waals surface area (Å²) in [4.78, 5) is 13.5. The normalized spacial score (nSPS) is 23.0. The average Bonchev–Trinajstić information content (AvgIpc) is 2.66. The smallest absolute Gasteiger partial charge is 0.231 e. The molecule has 1 amide bonds. The highest BCUT2D eigenvalue weighted by atomic mass is 16.1. The minimum Gasteiger partial charge on any atom is -0.369 e. The van der Waals surface area contributed by atoms with E-state index in [9.17, 15) is 4.79 Å². The lowest BCUT2D eigenvalue weighted by molar-refractivity contribution is -0.956. The summed E-state index contributed by atoms with van der Waals surface area (Å²) < 4.78 is 0.948. The Morgan fingerprint density at radius 3 is 2.23 bits per heavy atom. The van der Waals surface area contributed by atoms with Crippen LogP contribution in [0.2, 0.25) is 0 Å². The summed E-state index contributed by atoms with van der Waals surface area (Å²) in [6, 6.07) is 21.6. The first kappa shape index (κ1) is 20.1. The van der Waals surface area contributed by atoms with Crippen molar-refractivity contribution in [1.82, 2.24) is 4.90 Å². The van der Waals surface area contributed by atoms with Gasteiger partial charge in [0.2, 0.25) is 5.91 Å². The second-order valence-electron chi connectivity index (χ2n) is 6.97. The lowest BCUT2D eigenvalue weighted by Crippen LogP contribution is -2.59. The van der Waals surface area contributed by atoms with Gasteiger partial charge in [0.05, 0.1) is 26.7 Å². The van der Waals surface area contributed by atoms with Crippen LogP contribution in [0.25, 0.3) is 0 Å². The molecule has 0 bridgehead atoms. The van der Waals surface area contributed by atoms with Gasteiger partial charge in [0.15, 0.2) is 0 Å². The van der Waals surface area contributed by atoms with Gasteiger partial charge in [-0.15, -0.1) is 0 Å². The minimum atomic E-state index is -0.249. The highest BCUT2D eigenvalue weighted by Crippen LogP contribution is 2.33. The fraction of sp³-hybridized carbons (Fsp3) is 0.381.